The summed E-state index contributed by atoms with van der Waals surface area (Å²) in [5.74, 6) is 1.10. The van der Waals surface area contributed by atoms with E-state index in [-0.39, 0.29) is 5.91 Å². The molecule has 0 saturated carbocycles. The zero-order valence-electron chi connectivity index (χ0n) is 14.9. The van der Waals surface area contributed by atoms with Gasteiger partial charge in [-0.05, 0) is 50.2 Å². The Labute approximate surface area is 157 Å². The smallest absolute Gasteiger partial charge is 0.241 e. The van der Waals surface area contributed by atoms with E-state index in [1.807, 2.05) is 17.5 Å². The van der Waals surface area contributed by atoms with Crippen LogP contribution in [0.25, 0.3) is 10.7 Å². The molecule has 0 spiro atoms. The van der Waals surface area contributed by atoms with Crippen LogP contribution in [-0.2, 0) is 11.3 Å². The fraction of sp³-hybridized carbons (Fsp3) is 0.611. The molecule has 4 heterocycles. The SMILES string of the molecule is NC(=O)C1(N2CCCCC2)CCN(Cc2nc(-c3cccs3)no2)CC1. The van der Waals surface area contributed by atoms with E-state index in [2.05, 4.69) is 19.9 Å². The van der Waals surface area contributed by atoms with Gasteiger partial charge in [0.2, 0.25) is 17.6 Å². The number of carbonyl (C=O) groups is 1. The number of hydrogen-bond acceptors (Lipinski definition) is 7. The van der Waals surface area contributed by atoms with Crippen LogP contribution in [0.1, 0.15) is 38.0 Å². The summed E-state index contributed by atoms with van der Waals surface area (Å²) in [5, 5.41) is 6.07. The van der Waals surface area contributed by atoms with E-state index in [9.17, 15) is 4.79 Å². The van der Waals surface area contributed by atoms with Gasteiger partial charge in [-0.15, -0.1) is 11.3 Å². The molecule has 0 atom stereocenters. The Balaban J connectivity index is 1.39. The van der Waals surface area contributed by atoms with Crippen molar-refractivity contribution < 1.29 is 9.32 Å². The van der Waals surface area contributed by atoms with Crippen molar-refractivity contribution in [1.29, 1.82) is 0 Å². The number of rotatable bonds is 5. The summed E-state index contributed by atoms with van der Waals surface area (Å²) < 4.78 is 5.41. The van der Waals surface area contributed by atoms with Gasteiger partial charge >= 0.3 is 0 Å². The lowest BCUT2D eigenvalue weighted by Crippen LogP contribution is -2.63. The predicted molar refractivity (Wildman–Crippen MR) is 99.5 cm³/mol. The number of primary amides is 1. The van der Waals surface area contributed by atoms with Gasteiger partial charge in [-0.25, -0.2) is 0 Å². The van der Waals surface area contributed by atoms with Gasteiger partial charge in [0.1, 0.15) is 5.54 Å². The van der Waals surface area contributed by atoms with E-state index < -0.39 is 5.54 Å². The maximum atomic E-state index is 12.3. The average molecular weight is 375 g/mol. The summed E-state index contributed by atoms with van der Waals surface area (Å²) >= 11 is 1.60. The number of carbonyl (C=O) groups excluding carboxylic acids is 1. The molecular formula is C18H25N5O2S. The highest BCUT2D eigenvalue weighted by Gasteiger charge is 2.45. The molecule has 0 bridgehead atoms. The van der Waals surface area contributed by atoms with E-state index >= 15 is 0 Å². The number of amides is 1. The van der Waals surface area contributed by atoms with Gasteiger partial charge in [0.15, 0.2) is 0 Å². The third-order valence-electron chi connectivity index (χ3n) is 5.67. The van der Waals surface area contributed by atoms with Crippen LogP contribution in [0.3, 0.4) is 0 Å². The molecule has 0 unspecified atom stereocenters. The number of piperidine rings is 2. The maximum Gasteiger partial charge on any atom is 0.241 e. The third-order valence-corrected chi connectivity index (χ3v) is 6.54. The maximum absolute atomic E-state index is 12.3. The van der Waals surface area contributed by atoms with E-state index in [0.29, 0.717) is 18.3 Å². The molecule has 0 radical (unpaired) electrons. The van der Waals surface area contributed by atoms with E-state index in [0.717, 1.165) is 56.7 Å². The van der Waals surface area contributed by atoms with Gasteiger partial charge in [0, 0.05) is 13.1 Å². The summed E-state index contributed by atoms with van der Waals surface area (Å²) in [6.07, 6.45) is 5.11. The first-order valence-electron chi connectivity index (χ1n) is 9.31. The van der Waals surface area contributed by atoms with E-state index in [4.69, 9.17) is 10.3 Å². The van der Waals surface area contributed by atoms with E-state index in [1.165, 1.54) is 6.42 Å². The van der Waals surface area contributed by atoms with Crippen LogP contribution in [0, 0.1) is 0 Å². The highest BCUT2D eigenvalue weighted by molar-refractivity contribution is 7.13. The van der Waals surface area contributed by atoms with Crippen LogP contribution < -0.4 is 5.73 Å². The van der Waals surface area contributed by atoms with Gasteiger partial charge in [-0.3, -0.25) is 14.6 Å². The Morgan fingerprint density at radius 2 is 2.00 bits per heavy atom. The average Bonchev–Trinajstić information content (AvgIpc) is 3.34. The summed E-state index contributed by atoms with van der Waals surface area (Å²) in [4.78, 5) is 22.4. The standard InChI is InChI=1S/C18H25N5O2S/c19-17(24)18(23-8-2-1-3-9-23)6-10-22(11-7-18)13-15-20-16(21-25-15)14-5-4-12-26-14/h4-5,12H,1-3,6-11,13H2,(H2,19,24). The van der Waals surface area contributed by atoms with Crippen molar-refractivity contribution in [2.75, 3.05) is 26.2 Å². The lowest BCUT2D eigenvalue weighted by Gasteiger charge is -2.47. The molecular weight excluding hydrogens is 350 g/mol. The Kier molecular flexibility index (Phi) is 5.06. The topological polar surface area (TPSA) is 88.5 Å². The number of aromatic nitrogens is 2. The fourth-order valence-corrected chi connectivity index (χ4v) is 4.79. The number of hydrogen-bond donors (Lipinski definition) is 1. The Morgan fingerprint density at radius 3 is 2.65 bits per heavy atom. The number of thiophene rings is 1. The first kappa shape index (κ1) is 17.6. The van der Waals surface area contributed by atoms with Crippen molar-refractivity contribution in [1.82, 2.24) is 19.9 Å². The largest absolute Gasteiger partial charge is 0.368 e. The molecule has 8 heteroatoms. The second-order valence-corrected chi connectivity index (χ2v) is 8.16. The fourth-order valence-electron chi connectivity index (χ4n) is 4.14. The van der Waals surface area contributed by atoms with Gasteiger partial charge in [0.05, 0.1) is 11.4 Å². The highest BCUT2D eigenvalue weighted by atomic mass is 32.1. The molecule has 2 fully saturated rings. The molecule has 4 rings (SSSR count). The quantitative estimate of drug-likeness (QED) is 0.861. The second-order valence-electron chi connectivity index (χ2n) is 7.21. The molecule has 140 valence electrons. The summed E-state index contributed by atoms with van der Waals surface area (Å²) in [6.45, 7) is 4.22. The molecule has 0 aliphatic carbocycles. The molecule has 2 aliphatic heterocycles. The van der Waals surface area contributed by atoms with E-state index in [1.54, 1.807) is 11.3 Å². The zero-order valence-corrected chi connectivity index (χ0v) is 15.7. The van der Waals surface area contributed by atoms with Crippen molar-refractivity contribution in [3.63, 3.8) is 0 Å². The molecule has 2 saturated heterocycles. The molecule has 26 heavy (non-hydrogen) atoms. The molecule has 0 aromatic carbocycles. The Bertz CT molecular complexity index is 731. The molecule has 1 amide bonds. The lowest BCUT2D eigenvalue weighted by atomic mass is 9.83. The highest BCUT2D eigenvalue weighted by Crippen LogP contribution is 2.32. The molecule has 2 aliphatic rings. The summed E-state index contributed by atoms with van der Waals surface area (Å²) in [5.41, 5.74) is 5.37. The van der Waals surface area contributed by atoms with Gasteiger partial charge in [0.25, 0.3) is 0 Å². The van der Waals surface area contributed by atoms with Crippen LogP contribution in [0.4, 0.5) is 0 Å². The normalized spacial score (nSPS) is 21.7. The molecule has 2 aromatic rings. The zero-order chi connectivity index (χ0) is 18.0. The number of nitrogens with zero attached hydrogens (tertiary/aromatic N) is 4. The Morgan fingerprint density at radius 1 is 1.23 bits per heavy atom. The minimum Gasteiger partial charge on any atom is -0.368 e. The predicted octanol–water partition coefficient (Wildman–Crippen LogP) is 2.10. The van der Waals surface area contributed by atoms with Crippen molar-refractivity contribution in [3.8, 4) is 10.7 Å². The summed E-state index contributed by atoms with van der Waals surface area (Å²) in [7, 11) is 0. The van der Waals surface area contributed by atoms with Crippen LogP contribution >= 0.6 is 11.3 Å². The van der Waals surface area contributed by atoms with Crippen molar-refractivity contribution in [2.45, 2.75) is 44.2 Å². The van der Waals surface area contributed by atoms with Crippen molar-refractivity contribution >= 4 is 17.2 Å². The Hall–Kier alpha value is -1.77. The van der Waals surface area contributed by atoms with Crippen molar-refractivity contribution in [3.05, 3.63) is 23.4 Å². The van der Waals surface area contributed by atoms with Gasteiger partial charge in [-0.2, -0.15) is 4.98 Å². The van der Waals surface area contributed by atoms with Gasteiger partial charge in [-0.1, -0.05) is 17.6 Å². The lowest BCUT2D eigenvalue weighted by molar-refractivity contribution is -0.135. The summed E-state index contributed by atoms with van der Waals surface area (Å²) in [6, 6.07) is 3.96. The second kappa shape index (κ2) is 7.46. The van der Waals surface area contributed by atoms with Crippen LogP contribution in [0.5, 0.6) is 0 Å². The third kappa shape index (κ3) is 3.41. The number of nitrogens with two attached hydrogens (primary N) is 1. The minimum atomic E-state index is -0.478. The minimum absolute atomic E-state index is 0.170. The first-order chi connectivity index (χ1) is 12.7. The van der Waals surface area contributed by atoms with Crippen LogP contribution in [0.2, 0.25) is 0 Å². The van der Waals surface area contributed by atoms with Crippen LogP contribution in [0.15, 0.2) is 22.0 Å². The number of likely N-dealkylation sites (tertiary alicyclic amines) is 2. The van der Waals surface area contributed by atoms with Crippen molar-refractivity contribution in [2.24, 2.45) is 5.73 Å². The molecule has 2 aromatic heterocycles. The van der Waals surface area contributed by atoms with Crippen LogP contribution in [-0.4, -0.2) is 57.6 Å². The monoisotopic (exact) mass is 375 g/mol. The first-order valence-corrected chi connectivity index (χ1v) is 10.2. The molecule has 7 nitrogen and oxygen atoms in total. The molecule has 2 N–H and O–H groups in total. The van der Waals surface area contributed by atoms with Gasteiger partial charge < -0.3 is 10.3 Å².